The Kier molecular flexibility index (Phi) is 3.47. The van der Waals surface area contributed by atoms with Crippen LogP contribution in [0.5, 0.6) is 0 Å². The van der Waals surface area contributed by atoms with Crippen LogP contribution in [-0.2, 0) is 0 Å². The number of aromatic nitrogens is 2. The summed E-state index contributed by atoms with van der Waals surface area (Å²) >= 11 is 0. The third-order valence-corrected chi connectivity index (χ3v) is 3.14. The van der Waals surface area contributed by atoms with E-state index in [1.165, 1.54) is 5.69 Å². The molecule has 1 unspecified atom stereocenters. The molecule has 0 spiro atoms. The Morgan fingerprint density at radius 3 is 2.53 bits per heavy atom. The first-order chi connectivity index (χ1) is 8.18. The van der Waals surface area contributed by atoms with Gasteiger partial charge in [-0.1, -0.05) is 18.2 Å². The second-order valence-corrected chi connectivity index (χ2v) is 4.42. The minimum atomic E-state index is 0.399. The van der Waals surface area contributed by atoms with Gasteiger partial charge in [0.2, 0.25) is 0 Å². The molecular weight excluding hydrogens is 210 g/mol. The standard InChI is InChI=1S/C14H19N3/c1-11(17-10-16-12(2)13(17)3)9-15-14-7-5-4-6-8-14/h4-8,10-11,15H,9H2,1-3H3. The molecule has 17 heavy (non-hydrogen) atoms. The molecule has 3 heteroatoms. The molecule has 1 atom stereocenters. The van der Waals surface area contributed by atoms with Crippen molar-refractivity contribution in [3.63, 3.8) is 0 Å². The second-order valence-electron chi connectivity index (χ2n) is 4.42. The van der Waals surface area contributed by atoms with Gasteiger partial charge in [0.15, 0.2) is 0 Å². The van der Waals surface area contributed by atoms with Crippen molar-refractivity contribution in [3.8, 4) is 0 Å². The third-order valence-electron chi connectivity index (χ3n) is 3.14. The molecule has 0 radical (unpaired) electrons. The average Bonchev–Trinajstić information content (AvgIpc) is 2.69. The predicted octanol–water partition coefficient (Wildman–Crippen LogP) is 3.17. The molecule has 2 rings (SSSR count). The summed E-state index contributed by atoms with van der Waals surface area (Å²) in [6, 6.07) is 10.7. The fourth-order valence-corrected chi connectivity index (χ4v) is 1.88. The van der Waals surface area contributed by atoms with Crippen LogP contribution >= 0.6 is 0 Å². The van der Waals surface area contributed by atoms with E-state index in [4.69, 9.17) is 0 Å². The van der Waals surface area contributed by atoms with Crippen molar-refractivity contribution >= 4 is 5.69 Å². The molecule has 3 nitrogen and oxygen atoms in total. The summed E-state index contributed by atoms with van der Waals surface area (Å²) in [6.07, 6.45) is 1.92. The molecule has 2 aromatic rings. The van der Waals surface area contributed by atoms with Crippen LogP contribution in [0.2, 0.25) is 0 Å². The summed E-state index contributed by atoms with van der Waals surface area (Å²) in [5.41, 5.74) is 3.51. The van der Waals surface area contributed by atoms with Crippen LogP contribution in [0.25, 0.3) is 0 Å². The Morgan fingerprint density at radius 2 is 1.94 bits per heavy atom. The van der Waals surface area contributed by atoms with Crippen molar-refractivity contribution in [3.05, 3.63) is 48.0 Å². The topological polar surface area (TPSA) is 29.9 Å². The van der Waals surface area contributed by atoms with Crippen LogP contribution in [-0.4, -0.2) is 16.1 Å². The van der Waals surface area contributed by atoms with E-state index in [9.17, 15) is 0 Å². The van der Waals surface area contributed by atoms with Crippen molar-refractivity contribution in [1.29, 1.82) is 0 Å². The molecule has 1 heterocycles. The van der Waals surface area contributed by atoms with Gasteiger partial charge in [0.05, 0.1) is 12.0 Å². The first-order valence-corrected chi connectivity index (χ1v) is 5.97. The lowest BCUT2D eigenvalue weighted by Crippen LogP contribution is -2.16. The van der Waals surface area contributed by atoms with E-state index in [0.29, 0.717) is 6.04 Å². The van der Waals surface area contributed by atoms with Gasteiger partial charge < -0.3 is 9.88 Å². The maximum absolute atomic E-state index is 4.33. The number of rotatable bonds is 4. The van der Waals surface area contributed by atoms with Crippen LogP contribution in [0.15, 0.2) is 36.7 Å². The number of benzene rings is 1. The summed E-state index contributed by atoms with van der Waals surface area (Å²) in [5, 5.41) is 3.43. The average molecular weight is 229 g/mol. The molecule has 0 bridgehead atoms. The van der Waals surface area contributed by atoms with Crippen molar-refractivity contribution in [2.24, 2.45) is 0 Å². The zero-order chi connectivity index (χ0) is 12.3. The predicted molar refractivity (Wildman–Crippen MR) is 71.3 cm³/mol. The number of hydrogen-bond acceptors (Lipinski definition) is 2. The lowest BCUT2D eigenvalue weighted by Gasteiger charge is -2.16. The number of nitrogens with zero attached hydrogens (tertiary/aromatic N) is 2. The van der Waals surface area contributed by atoms with Gasteiger partial charge in [-0.2, -0.15) is 0 Å². The SMILES string of the molecule is Cc1ncn(C(C)CNc2ccccc2)c1C. The van der Waals surface area contributed by atoms with E-state index in [2.05, 4.69) is 40.8 Å². The van der Waals surface area contributed by atoms with Gasteiger partial charge in [0.25, 0.3) is 0 Å². The number of anilines is 1. The minimum absolute atomic E-state index is 0.399. The van der Waals surface area contributed by atoms with Crippen LogP contribution in [0.1, 0.15) is 24.4 Å². The summed E-state index contributed by atoms with van der Waals surface area (Å²) in [6.45, 7) is 7.26. The van der Waals surface area contributed by atoms with E-state index in [0.717, 1.165) is 17.9 Å². The highest BCUT2D eigenvalue weighted by atomic mass is 15.1. The number of aryl methyl sites for hydroxylation is 1. The lowest BCUT2D eigenvalue weighted by atomic mass is 10.2. The maximum atomic E-state index is 4.33. The van der Waals surface area contributed by atoms with Crippen molar-refractivity contribution in [2.75, 3.05) is 11.9 Å². The molecule has 0 aliphatic heterocycles. The quantitative estimate of drug-likeness (QED) is 0.872. The van der Waals surface area contributed by atoms with Gasteiger partial charge in [0.1, 0.15) is 0 Å². The highest BCUT2D eigenvalue weighted by molar-refractivity contribution is 5.42. The normalized spacial score (nSPS) is 12.4. The maximum Gasteiger partial charge on any atom is 0.0954 e. The molecule has 0 aliphatic rings. The summed E-state index contributed by atoms with van der Waals surface area (Å²) in [7, 11) is 0. The first-order valence-electron chi connectivity index (χ1n) is 5.97. The second kappa shape index (κ2) is 5.04. The van der Waals surface area contributed by atoms with E-state index in [1.807, 2.05) is 31.5 Å². The molecule has 1 N–H and O–H groups in total. The van der Waals surface area contributed by atoms with Crippen molar-refractivity contribution < 1.29 is 0 Å². The Hall–Kier alpha value is -1.77. The van der Waals surface area contributed by atoms with Gasteiger partial charge in [-0.15, -0.1) is 0 Å². The van der Waals surface area contributed by atoms with Crippen LogP contribution in [0.3, 0.4) is 0 Å². The lowest BCUT2D eigenvalue weighted by molar-refractivity contribution is 0.560. The van der Waals surface area contributed by atoms with Gasteiger partial charge in [-0.25, -0.2) is 4.98 Å². The zero-order valence-electron chi connectivity index (χ0n) is 10.6. The fraction of sp³-hybridized carbons (Fsp3) is 0.357. The monoisotopic (exact) mass is 229 g/mol. The number of hydrogen-bond donors (Lipinski definition) is 1. The summed E-state index contributed by atoms with van der Waals surface area (Å²) in [5.74, 6) is 0. The highest BCUT2D eigenvalue weighted by Gasteiger charge is 2.08. The Bertz CT molecular complexity index is 473. The molecular formula is C14H19N3. The molecule has 0 saturated heterocycles. The highest BCUT2D eigenvalue weighted by Crippen LogP contribution is 2.14. The number of imidazole rings is 1. The summed E-state index contributed by atoms with van der Waals surface area (Å²) in [4.78, 5) is 4.33. The van der Waals surface area contributed by atoms with E-state index in [-0.39, 0.29) is 0 Å². The van der Waals surface area contributed by atoms with Crippen LogP contribution < -0.4 is 5.32 Å². The Balaban J connectivity index is 1.98. The van der Waals surface area contributed by atoms with Crippen LogP contribution in [0, 0.1) is 13.8 Å². The Morgan fingerprint density at radius 1 is 1.24 bits per heavy atom. The molecule has 0 saturated carbocycles. The van der Waals surface area contributed by atoms with E-state index < -0.39 is 0 Å². The zero-order valence-corrected chi connectivity index (χ0v) is 10.6. The van der Waals surface area contributed by atoms with Crippen LogP contribution in [0.4, 0.5) is 5.69 Å². The first kappa shape index (κ1) is 11.7. The largest absolute Gasteiger partial charge is 0.383 e. The van der Waals surface area contributed by atoms with Gasteiger partial charge >= 0.3 is 0 Å². The molecule has 90 valence electrons. The molecule has 0 aliphatic carbocycles. The number of nitrogens with one attached hydrogen (secondary N) is 1. The van der Waals surface area contributed by atoms with Crippen molar-refractivity contribution in [2.45, 2.75) is 26.8 Å². The van der Waals surface area contributed by atoms with E-state index >= 15 is 0 Å². The number of para-hydroxylation sites is 1. The molecule has 1 aromatic heterocycles. The molecule has 0 fully saturated rings. The fourth-order valence-electron chi connectivity index (χ4n) is 1.88. The van der Waals surface area contributed by atoms with Gasteiger partial charge in [-0.3, -0.25) is 0 Å². The van der Waals surface area contributed by atoms with Crippen molar-refractivity contribution in [1.82, 2.24) is 9.55 Å². The van der Waals surface area contributed by atoms with Gasteiger partial charge in [0, 0.05) is 24.0 Å². The molecule has 1 aromatic carbocycles. The third kappa shape index (κ3) is 2.67. The Labute approximate surface area is 103 Å². The van der Waals surface area contributed by atoms with Gasteiger partial charge in [-0.05, 0) is 32.9 Å². The summed E-state index contributed by atoms with van der Waals surface area (Å²) < 4.78 is 2.21. The minimum Gasteiger partial charge on any atom is -0.383 e. The van der Waals surface area contributed by atoms with E-state index in [1.54, 1.807) is 0 Å². The molecule has 0 amide bonds. The smallest absolute Gasteiger partial charge is 0.0954 e.